The van der Waals surface area contributed by atoms with Gasteiger partial charge in [0.05, 0.1) is 0 Å². The Hall–Kier alpha value is -2.21. The second kappa shape index (κ2) is 7.78. The van der Waals surface area contributed by atoms with Gasteiger partial charge in [-0.05, 0) is 33.3 Å². The number of carbonyl (C=O) groups excluding carboxylic acids is 1. The van der Waals surface area contributed by atoms with E-state index < -0.39 is 11.9 Å². The molecule has 0 radical (unpaired) electrons. The van der Waals surface area contributed by atoms with Crippen LogP contribution in [-0.2, 0) is 20.8 Å². The molecule has 6 nitrogen and oxygen atoms in total. The fourth-order valence-corrected chi connectivity index (χ4v) is 2.46. The van der Waals surface area contributed by atoms with Crippen LogP contribution in [0, 0.1) is 0 Å². The smallest absolute Gasteiger partial charge is 0.410 e. The van der Waals surface area contributed by atoms with Crippen molar-refractivity contribution in [1.82, 2.24) is 4.90 Å². The number of rotatable bonds is 5. The molecule has 2 atom stereocenters. The Kier molecular flexibility index (Phi) is 5.95. The Bertz CT molecular complexity index is 637. The highest BCUT2D eigenvalue weighted by Crippen LogP contribution is 2.32. The number of ether oxygens (including phenoxy) is 3. The molecule has 0 saturated carbocycles. The van der Waals surface area contributed by atoms with Crippen LogP contribution >= 0.6 is 0 Å². The van der Waals surface area contributed by atoms with Crippen molar-refractivity contribution in [3.63, 3.8) is 0 Å². The fourth-order valence-electron chi connectivity index (χ4n) is 2.46. The van der Waals surface area contributed by atoms with Crippen LogP contribution < -0.4 is 5.73 Å². The third-order valence-electron chi connectivity index (χ3n) is 3.95. The van der Waals surface area contributed by atoms with Gasteiger partial charge in [-0.15, -0.1) is 0 Å². The van der Waals surface area contributed by atoms with Crippen molar-refractivity contribution in [2.75, 3.05) is 7.05 Å². The van der Waals surface area contributed by atoms with E-state index in [-0.39, 0.29) is 12.1 Å². The minimum absolute atomic E-state index is 0.0896. The van der Waals surface area contributed by atoms with Gasteiger partial charge >= 0.3 is 6.09 Å². The summed E-state index contributed by atoms with van der Waals surface area (Å²) < 4.78 is 16.9. The van der Waals surface area contributed by atoms with Gasteiger partial charge in [0.15, 0.2) is 0 Å². The summed E-state index contributed by atoms with van der Waals surface area (Å²) >= 11 is 0. The number of nitrogens with zero attached hydrogens (tertiary/aromatic N) is 1. The molecule has 0 bridgehead atoms. The first-order chi connectivity index (χ1) is 11.7. The molecule has 1 aliphatic heterocycles. The van der Waals surface area contributed by atoms with Crippen LogP contribution in [0.2, 0.25) is 0 Å². The van der Waals surface area contributed by atoms with Gasteiger partial charge in [0.1, 0.15) is 17.6 Å². The molecule has 1 heterocycles. The summed E-state index contributed by atoms with van der Waals surface area (Å²) in [6.07, 6.45) is 1.30. The van der Waals surface area contributed by atoms with Crippen molar-refractivity contribution in [2.24, 2.45) is 5.73 Å². The average molecular weight is 348 g/mol. The van der Waals surface area contributed by atoms with E-state index in [1.165, 1.54) is 0 Å². The molecule has 0 saturated heterocycles. The monoisotopic (exact) mass is 348 g/mol. The molecule has 138 valence electrons. The Morgan fingerprint density at radius 2 is 2.04 bits per heavy atom. The summed E-state index contributed by atoms with van der Waals surface area (Å²) in [5.41, 5.74) is 7.16. The largest absolute Gasteiger partial charge is 0.455 e. The van der Waals surface area contributed by atoms with E-state index in [1.54, 1.807) is 18.2 Å². The molecule has 2 rings (SSSR count). The second-order valence-corrected chi connectivity index (χ2v) is 7.22. The van der Waals surface area contributed by atoms with E-state index in [0.717, 1.165) is 11.1 Å². The van der Waals surface area contributed by atoms with E-state index in [0.29, 0.717) is 18.7 Å². The van der Waals surface area contributed by atoms with Gasteiger partial charge < -0.3 is 24.8 Å². The molecule has 1 aromatic carbocycles. The molecular weight excluding hydrogens is 320 g/mol. The van der Waals surface area contributed by atoms with Crippen LogP contribution in [0.1, 0.15) is 51.5 Å². The highest BCUT2D eigenvalue weighted by Gasteiger charge is 2.28. The third-order valence-corrected chi connectivity index (χ3v) is 3.95. The molecule has 0 fully saturated rings. The van der Waals surface area contributed by atoms with Gasteiger partial charge in [0, 0.05) is 31.6 Å². The van der Waals surface area contributed by atoms with Gasteiger partial charge in [-0.2, -0.15) is 0 Å². The van der Waals surface area contributed by atoms with Crippen molar-refractivity contribution >= 4 is 6.09 Å². The number of hydrogen-bond acceptors (Lipinski definition) is 5. The summed E-state index contributed by atoms with van der Waals surface area (Å²) in [5, 5.41) is 0. The first-order valence-electron chi connectivity index (χ1n) is 8.46. The van der Waals surface area contributed by atoms with Gasteiger partial charge in [0.25, 0.3) is 6.29 Å². The Morgan fingerprint density at radius 3 is 2.68 bits per heavy atom. The van der Waals surface area contributed by atoms with Crippen molar-refractivity contribution < 1.29 is 19.0 Å². The van der Waals surface area contributed by atoms with Crippen molar-refractivity contribution in [2.45, 2.75) is 58.6 Å². The van der Waals surface area contributed by atoms with E-state index in [4.69, 9.17) is 19.9 Å². The maximum atomic E-state index is 12.1. The highest BCUT2D eigenvalue weighted by atomic mass is 16.7. The van der Waals surface area contributed by atoms with Gasteiger partial charge in [-0.3, -0.25) is 0 Å². The van der Waals surface area contributed by atoms with Crippen LogP contribution in [0.5, 0.6) is 0 Å². The minimum Gasteiger partial charge on any atom is -0.455 e. The summed E-state index contributed by atoms with van der Waals surface area (Å²) in [7, 11) is 1.72. The number of amides is 1. The molecule has 0 aliphatic carbocycles. The maximum absolute atomic E-state index is 12.1. The van der Waals surface area contributed by atoms with Crippen molar-refractivity contribution in [3.8, 4) is 0 Å². The third kappa shape index (κ3) is 5.13. The Balaban J connectivity index is 1.93. The lowest BCUT2D eigenvalue weighted by molar-refractivity contribution is -0.0379. The summed E-state index contributed by atoms with van der Waals surface area (Å²) in [5.74, 6) is 0.694. The molecule has 6 heteroatoms. The zero-order valence-electron chi connectivity index (χ0n) is 15.6. The van der Waals surface area contributed by atoms with E-state index in [1.807, 2.05) is 52.0 Å². The predicted octanol–water partition coefficient (Wildman–Crippen LogP) is 3.68. The fraction of sp³-hybridized carbons (Fsp3) is 0.526. The quantitative estimate of drug-likeness (QED) is 0.879. The maximum Gasteiger partial charge on any atom is 0.410 e. The second-order valence-electron chi connectivity index (χ2n) is 7.22. The number of carbonyl (C=O) groups is 1. The molecule has 2 unspecified atom stereocenters. The van der Waals surface area contributed by atoms with Crippen LogP contribution in [0.15, 0.2) is 36.3 Å². The van der Waals surface area contributed by atoms with Crippen molar-refractivity contribution in [3.05, 3.63) is 47.4 Å². The van der Waals surface area contributed by atoms with Crippen LogP contribution in [0.4, 0.5) is 4.79 Å². The number of benzene rings is 1. The predicted molar refractivity (Wildman–Crippen MR) is 95.4 cm³/mol. The minimum atomic E-state index is -0.520. The lowest BCUT2D eigenvalue weighted by Gasteiger charge is -2.28. The standard InChI is InChI=1S/C19H28N2O4/c1-13(21(5)18(22)25-19(2,3)4)10-15-12-23-17(24-15)16-9-7-6-8-14(16)11-20/h6-9,12-13,17H,10-11,20H2,1-5H3. The van der Waals surface area contributed by atoms with Gasteiger partial charge in [0.2, 0.25) is 0 Å². The van der Waals surface area contributed by atoms with Crippen LogP contribution in [-0.4, -0.2) is 29.7 Å². The number of nitrogens with two attached hydrogens (primary N) is 1. The zero-order valence-corrected chi connectivity index (χ0v) is 15.6. The Morgan fingerprint density at radius 1 is 1.36 bits per heavy atom. The highest BCUT2D eigenvalue weighted by molar-refractivity contribution is 5.68. The van der Waals surface area contributed by atoms with E-state index >= 15 is 0 Å². The van der Waals surface area contributed by atoms with Crippen LogP contribution in [0.3, 0.4) is 0 Å². The number of hydrogen-bond donors (Lipinski definition) is 1. The average Bonchev–Trinajstić information content (AvgIpc) is 3.00. The zero-order chi connectivity index (χ0) is 18.6. The lowest BCUT2D eigenvalue weighted by atomic mass is 10.1. The van der Waals surface area contributed by atoms with Gasteiger partial charge in [-0.25, -0.2) is 4.79 Å². The normalized spacial score (nSPS) is 18.0. The van der Waals surface area contributed by atoms with Crippen LogP contribution in [0.25, 0.3) is 0 Å². The van der Waals surface area contributed by atoms with E-state index in [2.05, 4.69) is 0 Å². The molecular formula is C19H28N2O4. The topological polar surface area (TPSA) is 74.0 Å². The first-order valence-corrected chi connectivity index (χ1v) is 8.46. The van der Waals surface area contributed by atoms with E-state index in [9.17, 15) is 4.79 Å². The molecule has 1 aromatic rings. The molecule has 0 spiro atoms. The molecule has 0 aromatic heterocycles. The summed E-state index contributed by atoms with van der Waals surface area (Å²) in [4.78, 5) is 13.7. The summed E-state index contributed by atoms with van der Waals surface area (Å²) in [6.45, 7) is 7.90. The Labute approximate surface area is 149 Å². The molecule has 25 heavy (non-hydrogen) atoms. The van der Waals surface area contributed by atoms with Gasteiger partial charge in [-0.1, -0.05) is 24.3 Å². The van der Waals surface area contributed by atoms with Crippen molar-refractivity contribution in [1.29, 1.82) is 0 Å². The molecule has 2 N–H and O–H groups in total. The molecule has 1 aliphatic rings. The lowest BCUT2D eigenvalue weighted by Crippen LogP contribution is -2.39. The first kappa shape index (κ1) is 19.1. The molecule has 1 amide bonds. The SMILES string of the molecule is CC(CC1=COC(c2ccccc2CN)O1)N(C)C(=O)OC(C)(C)C. The summed E-state index contributed by atoms with van der Waals surface area (Å²) in [6, 6.07) is 7.68.